The van der Waals surface area contributed by atoms with Gasteiger partial charge in [-0.3, -0.25) is 4.79 Å². The van der Waals surface area contributed by atoms with E-state index in [2.05, 4.69) is 11.9 Å². The number of hydrogen-bond donors (Lipinski definition) is 1. The van der Waals surface area contributed by atoms with Crippen LogP contribution in [-0.4, -0.2) is 26.2 Å². The molecule has 1 fully saturated rings. The van der Waals surface area contributed by atoms with E-state index in [1.54, 1.807) is 32.4 Å². The molecule has 0 spiro atoms. The fourth-order valence-corrected chi connectivity index (χ4v) is 2.49. The maximum absolute atomic E-state index is 12.2. The highest BCUT2D eigenvalue weighted by Gasteiger charge is 2.19. The maximum atomic E-state index is 12.2. The Hall–Kier alpha value is -1.71. The van der Waals surface area contributed by atoms with Crippen molar-refractivity contribution in [1.29, 1.82) is 0 Å². The molecule has 0 heterocycles. The van der Waals surface area contributed by atoms with E-state index in [0.29, 0.717) is 17.6 Å². The molecule has 1 amide bonds. The van der Waals surface area contributed by atoms with Crippen LogP contribution in [0.2, 0.25) is 0 Å². The minimum absolute atomic E-state index is 0.0329. The van der Waals surface area contributed by atoms with Crippen LogP contribution < -0.4 is 5.32 Å². The van der Waals surface area contributed by atoms with Gasteiger partial charge in [0.2, 0.25) is 5.91 Å². The summed E-state index contributed by atoms with van der Waals surface area (Å²) in [7, 11) is 3.13. The van der Waals surface area contributed by atoms with Gasteiger partial charge in [0.25, 0.3) is 0 Å². The van der Waals surface area contributed by atoms with E-state index in [1.165, 1.54) is 19.3 Å². The first-order valence-electron chi connectivity index (χ1n) is 7.55. The summed E-state index contributed by atoms with van der Waals surface area (Å²) >= 11 is 0. The average Bonchev–Trinajstić information content (AvgIpc) is 2.51. The predicted molar refractivity (Wildman–Crippen MR) is 84.6 cm³/mol. The summed E-state index contributed by atoms with van der Waals surface area (Å²) in [4.78, 5) is 12.2. The van der Waals surface area contributed by atoms with Gasteiger partial charge in [0, 0.05) is 6.04 Å². The highest BCUT2D eigenvalue weighted by atomic mass is 16.5. The Kier molecular flexibility index (Phi) is 7.65. The van der Waals surface area contributed by atoms with E-state index in [9.17, 15) is 4.79 Å². The molecule has 4 heteroatoms. The molecule has 1 aliphatic carbocycles. The van der Waals surface area contributed by atoms with Crippen molar-refractivity contribution in [2.75, 3.05) is 14.2 Å². The molecule has 118 valence electrons. The largest absolute Gasteiger partial charge is 0.493 e. The van der Waals surface area contributed by atoms with Gasteiger partial charge in [0.05, 0.1) is 20.1 Å². The molecule has 1 unspecified atom stereocenters. The molecule has 0 saturated heterocycles. The molecule has 0 aliphatic heterocycles. The summed E-state index contributed by atoms with van der Waals surface area (Å²) in [6.07, 6.45) is 11.0. The molecule has 0 radical (unpaired) electrons. The summed E-state index contributed by atoms with van der Waals surface area (Å²) in [6.45, 7) is 5.50. The van der Waals surface area contributed by atoms with Crippen LogP contribution >= 0.6 is 0 Å². The fraction of sp³-hybridized carbons (Fsp3) is 0.588. The molecule has 21 heavy (non-hydrogen) atoms. The van der Waals surface area contributed by atoms with E-state index in [4.69, 9.17) is 9.47 Å². The normalized spacial score (nSPS) is 18.8. The summed E-state index contributed by atoms with van der Waals surface area (Å²) < 4.78 is 10.5. The van der Waals surface area contributed by atoms with Gasteiger partial charge >= 0.3 is 0 Å². The van der Waals surface area contributed by atoms with Crippen molar-refractivity contribution in [2.24, 2.45) is 5.92 Å². The Morgan fingerprint density at radius 2 is 1.81 bits per heavy atom. The van der Waals surface area contributed by atoms with Crippen LogP contribution in [0.25, 0.3) is 0 Å². The van der Waals surface area contributed by atoms with E-state index in [1.807, 2.05) is 6.92 Å². The first-order chi connectivity index (χ1) is 10.1. The zero-order chi connectivity index (χ0) is 15.7. The highest BCUT2D eigenvalue weighted by Crippen LogP contribution is 2.19. The Morgan fingerprint density at radius 1 is 1.19 bits per heavy atom. The van der Waals surface area contributed by atoms with Crippen LogP contribution in [0.1, 0.15) is 39.0 Å². The molecule has 0 aromatic carbocycles. The monoisotopic (exact) mass is 293 g/mol. The molecule has 0 aromatic heterocycles. The zero-order valence-corrected chi connectivity index (χ0v) is 13.4. The fourth-order valence-electron chi connectivity index (χ4n) is 2.49. The Bertz CT molecular complexity index is 406. The van der Waals surface area contributed by atoms with Crippen molar-refractivity contribution in [2.45, 2.75) is 45.1 Å². The number of carbonyl (C=O) groups is 1. The third-order valence-electron chi connectivity index (χ3n) is 3.72. The van der Waals surface area contributed by atoms with Crippen LogP contribution in [0.5, 0.6) is 0 Å². The molecular weight excluding hydrogens is 266 g/mol. The second-order valence-electron chi connectivity index (χ2n) is 5.34. The Morgan fingerprint density at radius 3 is 2.33 bits per heavy atom. The summed E-state index contributed by atoms with van der Waals surface area (Å²) in [5.41, 5.74) is 0. The van der Waals surface area contributed by atoms with Crippen LogP contribution in [0, 0.1) is 5.92 Å². The van der Waals surface area contributed by atoms with Crippen LogP contribution in [0.4, 0.5) is 0 Å². The SMILES string of the molecule is C=C/C=C(OC)\C(=C/C(C)C(=O)NC1CCCCC1)OC. The van der Waals surface area contributed by atoms with Crippen LogP contribution in [-0.2, 0) is 14.3 Å². The third kappa shape index (κ3) is 5.66. The van der Waals surface area contributed by atoms with Gasteiger partial charge < -0.3 is 14.8 Å². The van der Waals surface area contributed by atoms with Crippen LogP contribution in [0.15, 0.2) is 36.3 Å². The molecule has 1 aliphatic rings. The zero-order valence-electron chi connectivity index (χ0n) is 13.4. The van der Waals surface area contributed by atoms with Gasteiger partial charge in [0.15, 0.2) is 11.5 Å². The number of hydrogen-bond acceptors (Lipinski definition) is 3. The van der Waals surface area contributed by atoms with Crippen molar-refractivity contribution < 1.29 is 14.3 Å². The summed E-state index contributed by atoms with van der Waals surface area (Å²) in [6, 6.07) is 0.318. The number of ether oxygens (including phenoxy) is 2. The van der Waals surface area contributed by atoms with Gasteiger partial charge in [-0.25, -0.2) is 0 Å². The first kappa shape index (κ1) is 17.3. The number of rotatable bonds is 7. The molecule has 0 bridgehead atoms. The molecule has 1 atom stereocenters. The highest BCUT2D eigenvalue weighted by molar-refractivity contribution is 5.80. The maximum Gasteiger partial charge on any atom is 0.227 e. The molecule has 0 aromatic rings. The summed E-state index contributed by atoms with van der Waals surface area (Å²) in [5.74, 6) is 0.865. The van der Waals surface area contributed by atoms with Crippen molar-refractivity contribution in [3.8, 4) is 0 Å². The minimum Gasteiger partial charge on any atom is -0.493 e. The molecule has 1 saturated carbocycles. The smallest absolute Gasteiger partial charge is 0.227 e. The standard InChI is InChI=1S/C17H27NO3/c1-5-9-15(20-3)16(21-4)12-13(2)17(19)18-14-10-7-6-8-11-14/h5,9,12-14H,1,6-8,10-11H2,2-4H3,(H,18,19)/b15-9+,16-12+. The van der Waals surface area contributed by atoms with E-state index >= 15 is 0 Å². The van der Waals surface area contributed by atoms with Gasteiger partial charge in [-0.1, -0.05) is 31.9 Å². The lowest BCUT2D eigenvalue weighted by Gasteiger charge is -2.24. The lowest BCUT2D eigenvalue weighted by Crippen LogP contribution is -2.38. The minimum atomic E-state index is -0.273. The van der Waals surface area contributed by atoms with Crippen molar-refractivity contribution in [3.05, 3.63) is 36.3 Å². The molecular formula is C17H27NO3. The summed E-state index contributed by atoms with van der Waals surface area (Å²) in [5, 5.41) is 3.12. The third-order valence-corrected chi connectivity index (χ3v) is 3.72. The lowest BCUT2D eigenvalue weighted by atomic mass is 9.95. The van der Waals surface area contributed by atoms with Crippen LogP contribution in [0.3, 0.4) is 0 Å². The second-order valence-corrected chi connectivity index (χ2v) is 5.34. The second kappa shape index (κ2) is 9.27. The van der Waals surface area contributed by atoms with E-state index in [-0.39, 0.29) is 11.8 Å². The number of carbonyl (C=O) groups excluding carboxylic acids is 1. The number of amides is 1. The van der Waals surface area contributed by atoms with Gasteiger partial charge in [-0.05, 0) is 31.9 Å². The number of allylic oxidation sites excluding steroid dienone is 2. The molecule has 4 nitrogen and oxygen atoms in total. The number of nitrogens with one attached hydrogen (secondary N) is 1. The van der Waals surface area contributed by atoms with E-state index < -0.39 is 0 Å². The van der Waals surface area contributed by atoms with Crippen molar-refractivity contribution in [3.63, 3.8) is 0 Å². The predicted octanol–water partition coefficient (Wildman–Crippen LogP) is 3.32. The lowest BCUT2D eigenvalue weighted by molar-refractivity contribution is -0.124. The Balaban J connectivity index is 2.68. The van der Waals surface area contributed by atoms with Gasteiger partial charge in [-0.2, -0.15) is 0 Å². The van der Waals surface area contributed by atoms with Crippen molar-refractivity contribution >= 4 is 5.91 Å². The van der Waals surface area contributed by atoms with Gasteiger partial charge in [0.1, 0.15) is 0 Å². The Labute approximate surface area is 127 Å². The molecule has 1 rings (SSSR count). The number of methoxy groups -OCH3 is 2. The van der Waals surface area contributed by atoms with Crippen molar-refractivity contribution in [1.82, 2.24) is 5.32 Å². The van der Waals surface area contributed by atoms with E-state index in [0.717, 1.165) is 12.8 Å². The topological polar surface area (TPSA) is 47.6 Å². The molecule has 1 N–H and O–H groups in total. The average molecular weight is 293 g/mol. The quantitative estimate of drug-likeness (QED) is 0.578. The van der Waals surface area contributed by atoms with Gasteiger partial charge in [-0.15, -0.1) is 0 Å². The first-order valence-corrected chi connectivity index (χ1v) is 7.55.